The normalized spacial score (nSPS) is 17.5. The molecule has 130 valence electrons. The predicted molar refractivity (Wildman–Crippen MR) is 93.1 cm³/mol. The van der Waals surface area contributed by atoms with Crippen molar-refractivity contribution in [3.8, 4) is 0 Å². The first-order valence-corrected chi connectivity index (χ1v) is 8.69. The van der Waals surface area contributed by atoms with Gasteiger partial charge in [0.05, 0.1) is 17.6 Å². The number of nitrogens with zero attached hydrogens (tertiary/aromatic N) is 3. The zero-order valence-corrected chi connectivity index (χ0v) is 14.4. The average Bonchev–Trinajstić information content (AvgIpc) is 3.19. The molecule has 24 heavy (non-hydrogen) atoms. The van der Waals surface area contributed by atoms with Gasteiger partial charge in [-0.1, -0.05) is 12.1 Å². The lowest BCUT2D eigenvalue weighted by atomic mass is 10.1. The molecule has 1 aliphatic heterocycles. The smallest absolute Gasteiger partial charge is 0.329 e. The van der Waals surface area contributed by atoms with E-state index in [-0.39, 0.29) is 18.1 Å². The van der Waals surface area contributed by atoms with Crippen LogP contribution in [-0.4, -0.2) is 46.2 Å². The summed E-state index contributed by atoms with van der Waals surface area (Å²) < 4.78 is 8.70. The summed E-state index contributed by atoms with van der Waals surface area (Å²) in [5, 5.41) is 0. The highest BCUT2D eigenvalue weighted by atomic mass is 16.5. The minimum atomic E-state index is -0.118. The largest absolute Gasteiger partial charge is 0.381 e. The van der Waals surface area contributed by atoms with Crippen LogP contribution in [-0.2, 0) is 22.6 Å². The van der Waals surface area contributed by atoms with Gasteiger partial charge in [0, 0.05) is 32.2 Å². The van der Waals surface area contributed by atoms with Crippen LogP contribution in [0.1, 0.15) is 20.3 Å². The number of para-hydroxylation sites is 2. The lowest BCUT2D eigenvalue weighted by Crippen LogP contribution is -2.39. The molecule has 6 heteroatoms. The molecule has 0 saturated carbocycles. The van der Waals surface area contributed by atoms with E-state index in [1.54, 1.807) is 9.13 Å². The Morgan fingerprint density at radius 3 is 2.54 bits per heavy atom. The molecule has 0 spiro atoms. The van der Waals surface area contributed by atoms with Gasteiger partial charge < -0.3 is 9.64 Å². The van der Waals surface area contributed by atoms with Crippen molar-refractivity contribution in [3.63, 3.8) is 0 Å². The Balaban J connectivity index is 1.84. The van der Waals surface area contributed by atoms with Crippen molar-refractivity contribution in [1.29, 1.82) is 0 Å². The molecule has 1 saturated heterocycles. The first-order valence-electron chi connectivity index (χ1n) is 8.69. The second-order valence-electron chi connectivity index (χ2n) is 6.26. The maximum atomic E-state index is 12.7. The fourth-order valence-corrected chi connectivity index (χ4v) is 3.41. The molecule has 1 amide bonds. The molecule has 1 fully saturated rings. The van der Waals surface area contributed by atoms with E-state index in [1.807, 2.05) is 43.0 Å². The Morgan fingerprint density at radius 1 is 1.25 bits per heavy atom. The number of imidazole rings is 1. The maximum absolute atomic E-state index is 12.7. The molecule has 3 rings (SSSR count). The summed E-state index contributed by atoms with van der Waals surface area (Å²) in [6.07, 6.45) is 0.999. The summed E-state index contributed by atoms with van der Waals surface area (Å²) in [5.74, 6) is 0.396. The number of hydrogen-bond acceptors (Lipinski definition) is 3. The van der Waals surface area contributed by atoms with Crippen LogP contribution >= 0.6 is 0 Å². The lowest BCUT2D eigenvalue weighted by Gasteiger charge is -2.23. The third-order valence-corrected chi connectivity index (χ3v) is 4.77. The number of rotatable bonds is 6. The van der Waals surface area contributed by atoms with Crippen molar-refractivity contribution in [2.45, 2.75) is 33.4 Å². The quantitative estimate of drug-likeness (QED) is 0.810. The minimum Gasteiger partial charge on any atom is -0.381 e. The van der Waals surface area contributed by atoms with E-state index in [2.05, 4.69) is 0 Å². The molecule has 1 aromatic carbocycles. The summed E-state index contributed by atoms with van der Waals surface area (Å²) in [4.78, 5) is 27.2. The van der Waals surface area contributed by atoms with Crippen molar-refractivity contribution < 1.29 is 9.53 Å². The molecule has 1 aliphatic rings. The van der Waals surface area contributed by atoms with Crippen LogP contribution in [0.4, 0.5) is 0 Å². The number of aryl methyl sites for hydroxylation is 1. The third-order valence-electron chi connectivity index (χ3n) is 4.77. The van der Waals surface area contributed by atoms with Gasteiger partial charge in [0.25, 0.3) is 0 Å². The van der Waals surface area contributed by atoms with Gasteiger partial charge in [0.15, 0.2) is 0 Å². The van der Waals surface area contributed by atoms with Crippen molar-refractivity contribution in [3.05, 3.63) is 34.7 Å². The average molecular weight is 331 g/mol. The van der Waals surface area contributed by atoms with Crippen molar-refractivity contribution in [1.82, 2.24) is 14.0 Å². The fraction of sp³-hybridized carbons (Fsp3) is 0.556. The van der Waals surface area contributed by atoms with E-state index in [9.17, 15) is 9.59 Å². The molecule has 2 heterocycles. The number of likely N-dealkylation sites (N-methyl/N-ethyl adjacent to an activating group) is 1. The topological polar surface area (TPSA) is 56.5 Å². The molecule has 0 N–H and O–H groups in total. The summed E-state index contributed by atoms with van der Waals surface area (Å²) >= 11 is 0. The zero-order chi connectivity index (χ0) is 17.1. The second kappa shape index (κ2) is 7.21. The SMILES string of the molecule is CCN(C[C@H]1CCOC1)C(=O)Cn1c(=O)n(CC)c2ccccc21. The van der Waals surface area contributed by atoms with E-state index in [0.717, 1.165) is 30.7 Å². The van der Waals surface area contributed by atoms with Crippen molar-refractivity contribution >= 4 is 16.9 Å². The Morgan fingerprint density at radius 2 is 1.96 bits per heavy atom. The maximum Gasteiger partial charge on any atom is 0.329 e. The number of amides is 1. The Bertz CT molecular complexity index is 771. The van der Waals surface area contributed by atoms with Crippen LogP contribution in [0.3, 0.4) is 0 Å². The van der Waals surface area contributed by atoms with Crippen LogP contribution in [0.5, 0.6) is 0 Å². The molecule has 2 aromatic rings. The van der Waals surface area contributed by atoms with E-state index in [4.69, 9.17) is 4.74 Å². The third kappa shape index (κ3) is 3.11. The molecule has 1 aromatic heterocycles. The van der Waals surface area contributed by atoms with E-state index >= 15 is 0 Å². The number of carbonyl (C=O) groups excluding carboxylic acids is 1. The Kier molecular flexibility index (Phi) is 5.04. The fourth-order valence-electron chi connectivity index (χ4n) is 3.41. The molecule has 0 unspecified atom stereocenters. The number of aromatic nitrogens is 2. The van der Waals surface area contributed by atoms with Gasteiger partial charge in [0.1, 0.15) is 6.54 Å². The standard InChI is InChI=1S/C18H25N3O3/c1-3-19(11-14-9-10-24-13-14)17(22)12-21-16-8-6-5-7-15(16)20(4-2)18(21)23/h5-8,14H,3-4,9-13H2,1-2H3/t14-/m1/s1. The number of ether oxygens (including phenoxy) is 1. The van der Waals surface area contributed by atoms with Gasteiger partial charge in [-0.25, -0.2) is 4.79 Å². The van der Waals surface area contributed by atoms with Gasteiger partial charge >= 0.3 is 5.69 Å². The van der Waals surface area contributed by atoms with Crippen LogP contribution in [0.25, 0.3) is 11.0 Å². The van der Waals surface area contributed by atoms with Gasteiger partial charge in [0.2, 0.25) is 5.91 Å². The molecule has 6 nitrogen and oxygen atoms in total. The number of benzene rings is 1. The molecular weight excluding hydrogens is 306 g/mol. The molecule has 0 radical (unpaired) electrons. The highest BCUT2D eigenvalue weighted by molar-refractivity contribution is 5.81. The van der Waals surface area contributed by atoms with E-state index < -0.39 is 0 Å². The highest BCUT2D eigenvalue weighted by Gasteiger charge is 2.23. The monoisotopic (exact) mass is 331 g/mol. The predicted octanol–water partition coefficient (Wildman–Crippen LogP) is 1.71. The van der Waals surface area contributed by atoms with Crippen LogP contribution in [0.15, 0.2) is 29.1 Å². The highest BCUT2D eigenvalue weighted by Crippen LogP contribution is 2.16. The van der Waals surface area contributed by atoms with Crippen molar-refractivity contribution in [2.75, 3.05) is 26.3 Å². The summed E-state index contributed by atoms with van der Waals surface area (Å²) in [7, 11) is 0. The van der Waals surface area contributed by atoms with Gasteiger partial charge in [-0.3, -0.25) is 13.9 Å². The van der Waals surface area contributed by atoms with Gasteiger partial charge in [-0.2, -0.15) is 0 Å². The first-order chi connectivity index (χ1) is 11.7. The molecule has 0 bridgehead atoms. The summed E-state index contributed by atoms with van der Waals surface area (Å²) in [6.45, 7) is 7.46. The van der Waals surface area contributed by atoms with Crippen LogP contribution in [0.2, 0.25) is 0 Å². The summed E-state index contributed by atoms with van der Waals surface area (Å²) in [6, 6.07) is 7.64. The zero-order valence-electron chi connectivity index (χ0n) is 14.4. The number of hydrogen-bond donors (Lipinski definition) is 0. The van der Waals surface area contributed by atoms with Crippen LogP contribution < -0.4 is 5.69 Å². The molecule has 1 atom stereocenters. The summed E-state index contributed by atoms with van der Waals surface area (Å²) in [5.41, 5.74) is 1.58. The van der Waals surface area contributed by atoms with Crippen LogP contribution in [0, 0.1) is 5.92 Å². The van der Waals surface area contributed by atoms with Gasteiger partial charge in [-0.15, -0.1) is 0 Å². The molecule has 0 aliphatic carbocycles. The molecular formula is C18H25N3O3. The lowest BCUT2D eigenvalue weighted by molar-refractivity contribution is -0.132. The number of carbonyl (C=O) groups is 1. The van der Waals surface area contributed by atoms with Gasteiger partial charge in [-0.05, 0) is 32.4 Å². The minimum absolute atomic E-state index is 0.00879. The second-order valence-corrected chi connectivity index (χ2v) is 6.26. The number of fused-ring (bicyclic) bond motifs is 1. The van der Waals surface area contributed by atoms with E-state index in [0.29, 0.717) is 25.6 Å². The van der Waals surface area contributed by atoms with E-state index in [1.165, 1.54) is 0 Å². The Labute approximate surface area is 141 Å². The Hall–Kier alpha value is -2.08. The first kappa shape index (κ1) is 16.8. The van der Waals surface area contributed by atoms with Crippen molar-refractivity contribution in [2.24, 2.45) is 5.92 Å².